The van der Waals surface area contributed by atoms with Gasteiger partial charge in [-0.15, -0.1) is 4.98 Å². The summed E-state index contributed by atoms with van der Waals surface area (Å²) in [5, 5.41) is 0. The van der Waals surface area contributed by atoms with Gasteiger partial charge in [0.15, 0.2) is 0 Å². The van der Waals surface area contributed by atoms with Gasteiger partial charge in [-0.1, -0.05) is 6.57 Å². The summed E-state index contributed by atoms with van der Waals surface area (Å²) in [6.45, 7) is 14.9. The lowest BCUT2D eigenvalue weighted by atomic mass is 9.78. The number of piperazine rings is 1. The van der Waals surface area contributed by atoms with Crippen molar-refractivity contribution in [3.05, 3.63) is 42.1 Å². The van der Waals surface area contributed by atoms with Crippen LogP contribution in [0.4, 0.5) is 16.4 Å². The zero-order chi connectivity index (χ0) is 22.8. The highest BCUT2D eigenvalue weighted by atomic mass is 16.6. The SMILES string of the molecule is [C-]#[N+]c1cnc(-c2cccnc2N2CCN(C3CCC4(C3)CN(C(=O)OCC)C4)CC2)cn1. The molecule has 1 aliphatic carbocycles. The van der Waals surface area contributed by atoms with Gasteiger partial charge in [0.25, 0.3) is 5.82 Å². The van der Waals surface area contributed by atoms with Crippen LogP contribution < -0.4 is 4.90 Å². The van der Waals surface area contributed by atoms with E-state index in [-0.39, 0.29) is 6.09 Å². The molecule has 1 amide bonds. The van der Waals surface area contributed by atoms with Crippen LogP contribution in [-0.4, -0.2) is 82.8 Å². The summed E-state index contributed by atoms with van der Waals surface area (Å²) >= 11 is 0. The smallest absolute Gasteiger partial charge is 0.409 e. The van der Waals surface area contributed by atoms with Crippen molar-refractivity contribution in [2.75, 3.05) is 50.8 Å². The first-order valence-corrected chi connectivity index (χ1v) is 11.7. The van der Waals surface area contributed by atoms with Crippen LogP contribution >= 0.6 is 0 Å². The van der Waals surface area contributed by atoms with Crippen LogP contribution in [0.1, 0.15) is 26.2 Å². The number of hydrogen-bond acceptors (Lipinski definition) is 7. The van der Waals surface area contributed by atoms with E-state index in [1.54, 1.807) is 6.20 Å². The van der Waals surface area contributed by atoms with Gasteiger partial charge in [0.1, 0.15) is 17.7 Å². The van der Waals surface area contributed by atoms with Gasteiger partial charge in [-0.05, 0) is 38.3 Å². The zero-order valence-corrected chi connectivity index (χ0v) is 19.0. The maximum absolute atomic E-state index is 11.9. The Morgan fingerprint density at radius 3 is 2.73 bits per heavy atom. The number of rotatable bonds is 4. The molecule has 172 valence electrons. The lowest BCUT2D eigenvalue weighted by Crippen LogP contribution is -2.58. The van der Waals surface area contributed by atoms with E-state index < -0.39 is 0 Å². The molecule has 0 aromatic carbocycles. The number of anilines is 1. The molecule has 2 aromatic rings. The molecular weight excluding hydrogens is 418 g/mol. The minimum atomic E-state index is -0.167. The second kappa shape index (κ2) is 8.94. The van der Waals surface area contributed by atoms with Gasteiger partial charge in [-0.2, -0.15) is 0 Å². The number of amides is 1. The van der Waals surface area contributed by atoms with Crippen molar-refractivity contribution in [3.8, 4) is 11.3 Å². The molecule has 9 heteroatoms. The maximum atomic E-state index is 11.9. The highest BCUT2D eigenvalue weighted by Crippen LogP contribution is 2.47. The fraction of sp³-hybridized carbons (Fsp3) is 0.542. The normalized spacial score (nSPS) is 22.1. The molecule has 0 radical (unpaired) electrons. The third-order valence-electron chi connectivity index (χ3n) is 7.20. The fourth-order valence-corrected chi connectivity index (χ4v) is 5.55. The quantitative estimate of drug-likeness (QED) is 0.666. The number of carbonyl (C=O) groups excluding carboxylic acids is 1. The molecule has 0 N–H and O–H groups in total. The highest BCUT2D eigenvalue weighted by molar-refractivity contribution is 5.73. The third-order valence-corrected chi connectivity index (χ3v) is 7.20. The van der Waals surface area contributed by atoms with Crippen LogP contribution in [0.5, 0.6) is 0 Å². The van der Waals surface area contributed by atoms with E-state index >= 15 is 0 Å². The number of likely N-dealkylation sites (tertiary alicyclic amines) is 1. The lowest BCUT2D eigenvalue weighted by molar-refractivity contribution is -0.00294. The van der Waals surface area contributed by atoms with E-state index in [1.165, 1.54) is 25.5 Å². The van der Waals surface area contributed by atoms with Crippen molar-refractivity contribution < 1.29 is 9.53 Å². The largest absolute Gasteiger partial charge is 0.450 e. The van der Waals surface area contributed by atoms with Gasteiger partial charge < -0.3 is 19.4 Å². The van der Waals surface area contributed by atoms with Gasteiger partial charge in [0, 0.05) is 62.5 Å². The van der Waals surface area contributed by atoms with Gasteiger partial charge in [-0.3, -0.25) is 9.88 Å². The summed E-state index contributed by atoms with van der Waals surface area (Å²) in [7, 11) is 0. The number of hydrogen-bond donors (Lipinski definition) is 0. The minimum Gasteiger partial charge on any atom is -0.450 e. The summed E-state index contributed by atoms with van der Waals surface area (Å²) in [5.74, 6) is 1.22. The Bertz CT molecular complexity index is 1040. The standard InChI is InChI=1S/C24H29N7O2/c1-3-33-23(32)31-16-24(17-31)7-6-18(13-24)29-9-11-30(12-10-29)22-19(5-4-8-26-22)20-14-28-21(25-2)15-27-20/h4-5,8,14-15,18H,3,6-7,9-13,16-17H2,1H3. The van der Waals surface area contributed by atoms with Gasteiger partial charge in [0.2, 0.25) is 0 Å². The van der Waals surface area contributed by atoms with Gasteiger partial charge in [-0.25, -0.2) is 9.78 Å². The van der Waals surface area contributed by atoms with Crippen molar-refractivity contribution >= 4 is 17.7 Å². The van der Waals surface area contributed by atoms with Crippen molar-refractivity contribution in [1.82, 2.24) is 24.8 Å². The molecule has 2 saturated heterocycles. The Morgan fingerprint density at radius 1 is 1.21 bits per heavy atom. The van der Waals surface area contributed by atoms with Crippen LogP contribution in [0.25, 0.3) is 16.1 Å². The van der Waals surface area contributed by atoms with Gasteiger partial charge >= 0.3 is 6.09 Å². The Morgan fingerprint density at radius 2 is 2.03 bits per heavy atom. The first kappa shape index (κ1) is 21.6. The second-order valence-corrected chi connectivity index (χ2v) is 9.22. The maximum Gasteiger partial charge on any atom is 0.409 e. The monoisotopic (exact) mass is 447 g/mol. The third kappa shape index (κ3) is 4.23. The second-order valence-electron chi connectivity index (χ2n) is 9.22. The number of aromatic nitrogens is 3. The van der Waals surface area contributed by atoms with Crippen LogP contribution in [0.3, 0.4) is 0 Å². The number of nitrogens with zero attached hydrogens (tertiary/aromatic N) is 7. The van der Waals surface area contributed by atoms with Crippen LogP contribution in [-0.2, 0) is 4.74 Å². The van der Waals surface area contributed by atoms with Crippen LogP contribution in [0.2, 0.25) is 0 Å². The zero-order valence-electron chi connectivity index (χ0n) is 19.0. The molecule has 9 nitrogen and oxygen atoms in total. The number of pyridine rings is 1. The molecule has 33 heavy (non-hydrogen) atoms. The van der Waals surface area contributed by atoms with E-state index in [4.69, 9.17) is 11.3 Å². The van der Waals surface area contributed by atoms with E-state index in [1.807, 2.05) is 30.2 Å². The summed E-state index contributed by atoms with van der Waals surface area (Å²) < 4.78 is 5.14. The molecule has 1 unspecified atom stereocenters. The summed E-state index contributed by atoms with van der Waals surface area (Å²) in [6, 6.07) is 4.52. The highest BCUT2D eigenvalue weighted by Gasteiger charge is 2.51. The topological polar surface area (TPSA) is 79.1 Å². The van der Waals surface area contributed by atoms with E-state index in [2.05, 4.69) is 29.6 Å². The lowest BCUT2D eigenvalue weighted by Gasteiger charge is -2.48. The summed E-state index contributed by atoms with van der Waals surface area (Å²) in [5.41, 5.74) is 1.98. The Hall–Kier alpha value is -3.25. The Labute approximate surface area is 194 Å². The van der Waals surface area contributed by atoms with Crippen LogP contribution in [0, 0.1) is 12.0 Å². The first-order valence-electron chi connectivity index (χ1n) is 11.7. The number of carbonyl (C=O) groups is 1. The Kier molecular flexibility index (Phi) is 5.85. The molecule has 3 fully saturated rings. The van der Waals surface area contributed by atoms with Crippen molar-refractivity contribution in [2.45, 2.75) is 32.2 Å². The van der Waals surface area contributed by atoms with Gasteiger partial charge in [0.05, 0.1) is 12.8 Å². The Balaban J connectivity index is 1.19. The molecule has 1 atom stereocenters. The average Bonchev–Trinajstić information content (AvgIpc) is 3.30. The van der Waals surface area contributed by atoms with Crippen molar-refractivity contribution in [1.29, 1.82) is 0 Å². The molecule has 4 heterocycles. The molecule has 2 aliphatic heterocycles. The predicted molar refractivity (Wildman–Crippen MR) is 124 cm³/mol. The molecule has 5 rings (SSSR count). The molecule has 1 saturated carbocycles. The molecule has 2 aromatic heterocycles. The molecule has 3 aliphatic rings. The minimum absolute atomic E-state index is 0.167. The van der Waals surface area contributed by atoms with Crippen molar-refractivity contribution in [3.63, 3.8) is 0 Å². The first-order chi connectivity index (χ1) is 16.1. The molecule has 1 spiro atoms. The number of ether oxygens (including phenoxy) is 1. The average molecular weight is 448 g/mol. The van der Waals surface area contributed by atoms with E-state index in [0.29, 0.717) is 23.9 Å². The van der Waals surface area contributed by atoms with E-state index in [0.717, 1.165) is 56.3 Å². The summed E-state index contributed by atoms with van der Waals surface area (Å²) in [4.78, 5) is 35.3. The molecular formula is C24H29N7O2. The van der Waals surface area contributed by atoms with Crippen LogP contribution in [0.15, 0.2) is 30.7 Å². The fourth-order valence-electron chi connectivity index (χ4n) is 5.55. The van der Waals surface area contributed by atoms with E-state index in [9.17, 15) is 4.79 Å². The van der Waals surface area contributed by atoms with Crippen molar-refractivity contribution in [2.24, 2.45) is 5.41 Å². The summed E-state index contributed by atoms with van der Waals surface area (Å²) in [6.07, 6.45) is 8.38. The molecule has 0 bridgehead atoms. The predicted octanol–water partition coefficient (Wildman–Crippen LogP) is 3.22.